The molecular weight excluding hydrogens is 884 g/mol. The minimum Gasteiger partial charge on any atom is -0.319 e. The minimum absolute atomic E-state index is 0.0315. The first-order valence-corrected chi connectivity index (χ1v) is 26.0. The topological polar surface area (TPSA) is 14.7 Å². The molecule has 2 aliphatic heterocycles. The van der Waals surface area contributed by atoms with Crippen LogP contribution in [0.5, 0.6) is 0 Å². The number of aromatic nitrogens is 1. The lowest BCUT2D eigenvalue weighted by Gasteiger charge is -2.44. The van der Waals surface area contributed by atoms with Crippen LogP contribution < -0.4 is 31.2 Å². The highest BCUT2D eigenvalue weighted by Gasteiger charge is 2.46. The zero-order chi connectivity index (χ0) is 50.4. The van der Waals surface area contributed by atoms with Gasteiger partial charge in [-0.25, -0.2) is 0 Å². The summed E-state index contributed by atoms with van der Waals surface area (Å²) in [7, 11) is 0. The van der Waals surface area contributed by atoms with Crippen molar-refractivity contribution in [3.8, 4) is 16.8 Å². The highest BCUT2D eigenvalue weighted by molar-refractivity contribution is 7.00. The van der Waals surface area contributed by atoms with Crippen molar-refractivity contribution in [3.63, 3.8) is 0 Å². The molecule has 0 saturated heterocycles. The second-order valence-electron chi connectivity index (χ2n) is 23.1. The average Bonchev–Trinajstić information content (AvgIpc) is 3.74. The number of fused-ring (bicyclic) bond motifs is 6. The van der Waals surface area contributed by atoms with Gasteiger partial charge in [-0.1, -0.05) is 190 Å². The number of anilines is 9. The molecule has 0 saturated carbocycles. The van der Waals surface area contributed by atoms with Crippen LogP contribution in [0.15, 0.2) is 218 Å². The summed E-state index contributed by atoms with van der Waals surface area (Å²) < 4.78 is 2.55. The van der Waals surface area contributed by atoms with E-state index in [9.17, 15) is 0 Å². The van der Waals surface area contributed by atoms with Gasteiger partial charge in [0.15, 0.2) is 0 Å². The molecule has 0 N–H and O–H groups in total. The second-order valence-corrected chi connectivity index (χ2v) is 23.1. The lowest BCUT2D eigenvalue weighted by molar-refractivity contribution is 0.590. The molecule has 73 heavy (non-hydrogen) atoms. The molecule has 0 radical (unpaired) electrons. The number of para-hydroxylation sites is 3. The quantitative estimate of drug-likeness (QED) is 0.148. The van der Waals surface area contributed by atoms with Crippen LogP contribution in [-0.2, 0) is 16.2 Å². The lowest BCUT2D eigenvalue weighted by Crippen LogP contribution is -2.62. The van der Waals surface area contributed by atoms with Gasteiger partial charge >= 0.3 is 0 Å². The molecule has 0 bridgehead atoms. The van der Waals surface area contributed by atoms with E-state index in [0.29, 0.717) is 0 Å². The van der Waals surface area contributed by atoms with E-state index in [0.717, 1.165) is 39.8 Å². The monoisotopic (exact) mass is 947 g/mol. The van der Waals surface area contributed by atoms with E-state index < -0.39 is 0 Å². The van der Waals surface area contributed by atoms with Crippen molar-refractivity contribution >= 4 is 85.3 Å². The van der Waals surface area contributed by atoms with Crippen LogP contribution in [0.1, 0.15) is 79.0 Å². The highest BCUT2D eigenvalue weighted by Crippen LogP contribution is 2.49. The first-order valence-electron chi connectivity index (χ1n) is 26.0. The van der Waals surface area contributed by atoms with Crippen LogP contribution in [0.2, 0.25) is 0 Å². The van der Waals surface area contributed by atoms with Crippen molar-refractivity contribution in [3.05, 3.63) is 235 Å². The molecule has 3 heterocycles. The van der Waals surface area contributed by atoms with Crippen molar-refractivity contribution in [2.45, 2.75) is 78.6 Å². The van der Waals surface area contributed by atoms with Crippen LogP contribution in [-0.4, -0.2) is 11.3 Å². The maximum Gasteiger partial charge on any atom is 0.273 e. The summed E-state index contributed by atoms with van der Waals surface area (Å²) in [5, 5.41) is 1.21. The van der Waals surface area contributed by atoms with E-state index in [4.69, 9.17) is 0 Å². The van der Waals surface area contributed by atoms with Crippen LogP contribution in [0.4, 0.5) is 51.2 Å². The summed E-state index contributed by atoms with van der Waals surface area (Å²) in [6, 6.07) is 81.8. The maximum atomic E-state index is 2.56. The van der Waals surface area contributed by atoms with Gasteiger partial charge < -0.3 is 19.3 Å². The van der Waals surface area contributed by atoms with Crippen molar-refractivity contribution < 1.29 is 0 Å². The number of benzene rings is 9. The summed E-state index contributed by atoms with van der Waals surface area (Å²) in [5.74, 6) is 0. The fourth-order valence-corrected chi connectivity index (χ4v) is 11.4. The zero-order valence-corrected chi connectivity index (χ0v) is 43.7. The average molecular weight is 947 g/mol. The van der Waals surface area contributed by atoms with Crippen molar-refractivity contribution in [2.24, 2.45) is 0 Å². The Morgan fingerprint density at radius 3 is 1.45 bits per heavy atom. The smallest absolute Gasteiger partial charge is 0.273 e. The van der Waals surface area contributed by atoms with Gasteiger partial charge in [0.05, 0.1) is 11.2 Å². The van der Waals surface area contributed by atoms with E-state index in [2.05, 4.69) is 300 Å². The number of nitrogens with zero attached hydrogens (tertiary/aromatic N) is 4. The fraction of sp³-hybridized carbons (Fsp3) is 0.176. The molecular formula is C68H63BN4. The molecule has 5 heteroatoms. The molecule has 0 amide bonds. The Balaban J connectivity index is 1.12. The van der Waals surface area contributed by atoms with E-state index in [1.54, 1.807) is 0 Å². The van der Waals surface area contributed by atoms with Gasteiger partial charge in [0.2, 0.25) is 0 Å². The SMILES string of the molecule is CC(C)(C)c1ccc(-c2cccc(N3c4cccc5c4B(c4ccc(N(c6ccc(C(C)(C)C)cc6)c6ccc(C(C)(C)C)cc6)cc4N5c4ccccc4)c4c3c3ccccc3n4-c3ccccc3)c2)cc1. The minimum atomic E-state index is -0.118. The Kier molecular flexibility index (Phi) is 10.9. The summed E-state index contributed by atoms with van der Waals surface area (Å²) in [4.78, 5) is 7.52. The van der Waals surface area contributed by atoms with Gasteiger partial charge in [-0.05, 0) is 146 Å². The lowest BCUT2D eigenvalue weighted by atomic mass is 9.35. The summed E-state index contributed by atoms with van der Waals surface area (Å²) in [6.07, 6.45) is 0. The Morgan fingerprint density at radius 1 is 0.370 bits per heavy atom. The predicted molar refractivity (Wildman–Crippen MR) is 314 cm³/mol. The van der Waals surface area contributed by atoms with Crippen LogP contribution >= 0.6 is 0 Å². The van der Waals surface area contributed by atoms with Gasteiger partial charge in [-0.2, -0.15) is 0 Å². The molecule has 1 aromatic heterocycles. The first kappa shape index (κ1) is 46.1. The van der Waals surface area contributed by atoms with Gasteiger partial charge in [-0.3, -0.25) is 0 Å². The van der Waals surface area contributed by atoms with Crippen LogP contribution in [0, 0.1) is 0 Å². The Labute approximate surface area is 432 Å². The largest absolute Gasteiger partial charge is 0.319 e. The first-order chi connectivity index (χ1) is 35.1. The predicted octanol–water partition coefficient (Wildman–Crippen LogP) is 16.7. The number of rotatable bonds is 7. The molecule has 12 rings (SSSR count). The molecule has 0 fully saturated rings. The Hall–Kier alpha value is -8.02. The van der Waals surface area contributed by atoms with E-state index in [-0.39, 0.29) is 23.0 Å². The molecule has 0 aliphatic carbocycles. The molecule has 0 unspecified atom stereocenters. The summed E-state index contributed by atoms with van der Waals surface area (Å²) in [6.45, 7) is 20.4. The summed E-state index contributed by atoms with van der Waals surface area (Å²) >= 11 is 0. The fourth-order valence-electron chi connectivity index (χ4n) is 11.4. The van der Waals surface area contributed by atoms with Crippen molar-refractivity contribution in [1.29, 1.82) is 0 Å². The van der Waals surface area contributed by atoms with Crippen molar-refractivity contribution in [2.75, 3.05) is 14.7 Å². The summed E-state index contributed by atoms with van der Waals surface area (Å²) in [5.41, 5.74) is 22.9. The second kappa shape index (κ2) is 17.3. The molecule has 358 valence electrons. The van der Waals surface area contributed by atoms with Gasteiger partial charge in [0, 0.05) is 62.2 Å². The third-order valence-electron chi connectivity index (χ3n) is 15.2. The van der Waals surface area contributed by atoms with E-state index in [1.165, 1.54) is 72.3 Å². The number of hydrogen-bond acceptors (Lipinski definition) is 3. The maximum absolute atomic E-state index is 2.56. The molecule has 2 aliphatic rings. The highest BCUT2D eigenvalue weighted by atomic mass is 15.2. The molecule has 0 atom stereocenters. The van der Waals surface area contributed by atoms with Crippen LogP contribution in [0.25, 0.3) is 27.7 Å². The standard InChI is InChI=1S/C68H63BN4/c1-66(2,3)48-32-30-46(31-33-48)47-20-18-25-55(44-47)72-61-29-19-28-60-63(61)69(65-64(72)57-26-16-17-27-59(57)73(65)52-23-14-11-15-24-52)58-43-42-56(45-62(58)71(60)51-21-12-10-13-22-51)70(53-38-34-49(35-39-53)67(4,5)6)54-40-36-50(37-41-54)68(7,8)9/h10-45H,1-9H3. The third-order valence-corrected chi connectivity index (χ3v) is 15.2. The Morgan fingerprint density at radius 2 is 0.863 bits per heavy atom. The Bertz CT molecular complexity index is 3610. The van der Waals surface area contributed by atoms with E-state index >= 15 is 0 Å². The van der Waals surface area contributed by atoms with Gasteiger partial charge in [-0.15, -0.1) is 0 Å². The van der Waals surface area contributed by atoms with Crippen LogP contribution in [0.3, 0.4) is 0 Å². The zero-order valence-electron chi connectivity index (χ0n) is 43.7. The van der Waals surface area contributed by atoms with Gasteiger partial charge in [0.1, 0.15) is 0 Å². The molecule has 4 nitrogen and oxygen atoms in total. The van der Waals surface area contributed by atoms with E-state index in [1.807, 2.05) is 0 Å². The van der Waals surface area contributed by atoms with Crippen molar-refractivity contribution in [1.82, 2.24) is 4.57 Å². The molecule has 0 spiro atoms. The third kappa shape index (κ3) is 7.94. The normalized spacial score (nSPS) is 13.2. The molecule has 10 aromatic rings. The number of hydrogen-bond donors (Lipinski definition) is 0. The molecule has 9 aromatic carbocycles. The van der Waals surface area contributed by atoms with Gasteiger partial charge in [0.25, 0.3) is 6.71 Å².